The van der Waals surface area contributed by atoms with Crippen molar-refractivity contribution in [3.63, 3.8) is 0 Å². The Morgan fingerprint density at radius 3 is 2.86 bits per heavy atom. The maximum atomic E-state index is 6.38. The largest absolute Gasteiger partial charge is 0.467 e. The van der Waals surface area contributed by atoms with Crippen LogP contribution in [-0.2, 0) is 0 Å². The maximum absolute atomic E-state index is 6.38. The van der Waals surface area contributed by atoms with E-state index in [0.29, 0.717) is 5.92 Å². The summed E-state index contributed by atoms with van der Waals surface area (Å²) in [6, 6.07) is 5.96. The lowest BCUT2D eigenvalue weighted by atomic mass is 9.80. The van der Waals surface area contributed by atoms with Crippen LogP contribution in [0.1, 0.15) is 39.3 Å². The summed E-state index contributed by atoms with van der Waals surface area (Å²) in [6.45, 7) is 9.61. The Labute approximate surface area is 136 Å². The molecule has 3 rings (SSSR count). The summed E-state index contributed by atoms with van der Waals surface area (Å²) in [5.41, 5.74) is 0.678. The summed E-state index contributed by atoms with van der Waals surface area (Å²) >= 11 is 11.7. The number of hydrogen-bond donors (Lipinski definition) is 1. The fourth-order valence-electron chi connectivity index (χ4n) is 3.29. The SMILES string of the molecule is CC(C)CN1C(=S)NC2c3cc(Cl)ccc3OC1(C)C2C. The lowest BCUT2D eigenvalue weighted by molar-refractivity contribution is -0.113. The van der Waals surface area contributed by atoms with Crippen LogP contribution in [0.5, 0.6) is 5.75 Å². The third-order valence-corrected chi connectivity index (χ3v) is 5.15. The smallest absolute Gasteiger partial charge is 0.186 e. The first-order valence-corrected chi connectivity index (χ1v) is 8.18. The van der Waals surface area contributed by atoms with E-state index in [-0.39, 0.29) is 12.0 Å². The summed E-state index contributed by atoms with van der Waals surface area (Å²) in [5.74, 6) is 1.68. The first kappa shape index (κ1) is 14.9. The molecule has 114 valence electrons. The van der Waals surface area contributed by atoms with Crippen LogP contribution >= 0.6 is 23.8 Å². The highest BCUT2D eigenvalue weighted by atomic mass is 35.5. The van der Waals surface area contributed by atoms with Gasteiger partial charge in [0.1, 0.15) is 5.75 Å². The van der Waals surface area contributed by atoms with Gasteiger partial charge in [-0.25, -0.2) is 0 Å². The van der Waals surface area contributed by atoms with Crippen molar-refractivity contribution in [2.24, 2.45) is 11.8 Å². The average Bonchev–Trinajstić information content (AvgIpc) is 2.40. The molecule has 0 radical (unpaired) electrons. The van der Waals surface area contributed by atoms with Gasteiger partial charge in [0.25, 0.3) is 0 Å². The van der Waals surface area contributed by atoms with Gasteiger partial charge in [-0.05, 0) is 43.3 Å². The summed E-state index contributed by atoms with van der Waals surface area (Å²) in [7, 11) is 0. The van der Waals surface area contributed by atoms with Crippen LogP contribution < -0.4 is 10.1 Å². The van der Waals surface area contributed by atoms with Crippen LogP contribution in [0, 0.1) is 11.8 Å². The van der Waals surface area contributed by atoms with Crippen LogP contribution in [0.3, 0.4) is 0 Å². The van der Waals surface area contributed by atoms with Crippen molar-refractivity contribution in [3.8, 4) is 5.75 Å². The first-order valence-electron chi connectivity index (χ1n) is 7.39. The van der Waals surface area contributed by atoms with Crippen LogP contribution in [0.2, 0.25) is 5.02 Å². The highest BCUT2D eigenvalue weighted by Gasteiger charge is 2.53. The Balaban J connectivity index is 2.07. The third kappa shape index (κ3) is 2.29. The minimum atomic E-state index is -0.419. The van der Waals surface area contributed by atoms with Gasteiger partial charge < -0.3 is 15.0 Å². The van der Waals surface area contributed by atoms with Gasteiger partial charge in [0.2, 0.25) is 0 Å². The number of rotatable bonds is 2. The standard InChI is InChI=1S/C16H21ClN2OS/c1-9(2)8-19-15(21)18-14-10(3)16(19,4)20-13-6-5-11(17)7-12(13)14/h5-7,9-10,14H,8H2,1-4H3,(H,18,21). The van der Waals surface area contributed by atoms with Gasteiger partial charge >= 0.3 is 0 Å². The summed E-state index contributed by atoms with van der Waals surface area (Å²) in [4.78, 5) is 2.19. The van der Waals surface area contributed by atoms with Crippen LogP contribution in [-0.4, -0.2) is 22.3 Å². The average molecular weight is 325 g/mol. The molecule has 0 amide bonds. The molecule has 3 nitrogen and oxygen atoms in total. The normalized spacial score (nSPS) is 30.8. The zero-order chi connectivity index (χ0) is 15.4. The lowest BCUT2D eigenvalue weighted by Crippen LogP contribution is -2.69. The molecule has 0 saturated carbocycles. The topological polar surface area (TPSA) is 24.5 Å². The highest BCUT2D eigenvalue weighted by molar-refractivity contribution is 7.80. The number of hydrogen-bond acceptors (Lipinski definition) is 2. The quantitative estimate of drug-likeness (QED) is 0.832. The zero-order valence-electron chi connectivity index (χ0n) is 12.8. The Bertz CT molecular complexity index is 592. The van der Waals surface area contributed by atoms with Gasteiger partial charge in [-0.15, -0.1) is 0 Å². The minimum Gasteiger partial charge on any atom is -0.467 e. The van der Waals surface area contributed by atoms with Crippen LogP contribution in [0.4, 0.5) is 0 Å². The molecule has 0 aromatic heterocycles. The van der Waals surface area contributed by atoms with Crippen molar-refractivity contribution >= 4 is 28.9 Å². The number of fused-ring (bicyclic) bond motifs is 4. The van der Waals surface area contributed by atoms with Crippen molar-refractivity contribution in [1.29, 1.82) is 0 Å². The molecule has 3 unspecified atom stereocenters. The predicted octanol–water partition coefficient (Wildman–Crippen LogP) is 3.97. The molecule has 5 heteroatoms. The van der Waals surface area contributed by atoms with Crippen LogP contribution in [0.15, 0.2) is 18.2 Å². The van der Waals surface area contributed by atoms with Gasteiger partial charge in [0, 0.05) is 23.0 Å². The Kier molecular flexibility index (Phi) is 3.57. The van der Waals surface area contributed by atoms with Gasteiger partial charge in [0.05, 0.1) is 6.04 Å². The molecule has 1 aromatic rings. The van der Waals surface area contributed by atoms with Crippen LogP contribution in [0.25, 0.3) is 0 Å². The highest BCUT2D eigenvalue weighted by Crippen LogP contribution is 2.48. The lowest BCUT2D eigenvalue weighted by Gasteiger charge is -2.56. The number of thiocarbonyl (C=S) groups is 1. The maximum Gasteiger partial charge on any atom is 0.186 e. The van der Waals surface area contributed by atoms with Crippen molar-refractivity contribution < 1.29 is 4.74 Å². The van der Waals surface area contributed by atoms with E-state index in [9.17, 15) is 0 Å². The summed E-state index contributed by atoms with van der Waals surface area (Å²) in [6.07, 6.45) is 0. The molecule has 2 aliphatic heterocycles. The molecule has 0 aliphatic carbocycles. The molecule has 2 heterocycles. The Morgan fingerprint density at radius 2 is 2.19 bits per heavy atom. The monoisotopic (exact) mass is 324 g/mol. The second-order valence-corrected chi connectivity index (χ2v) is 7.38. The third-order valence-electron chi connectivity index (χ3n) is 4.58. The number of halogens is 1. The number of nitrogens with one attached hydrogen (secondary N) is 1. The van der Waals surface area contributed by atoms with E-state index in [1.807, 2.05) is 18.2 Å². The fraction of sp³-hybridized carbons (Fsp3) is 0.562. The Morgan fingerprint density at radius 1 is 1.48 bits per heavy atom. The second kappa shape index (κ2) is 5.03. The number of benzene rings is 1. The van der Waals surface area contributed by atoms with E-state index in [1.165, 1.54) is 0 Å². The summed E-state index contributed by atoms with van der Waals surface area (Å²) < 4.78 is 6.38. The second-order valence-electron chi connectivity index (χ2n) is 6.56. The van der Waals surface area contributed by atoms with E-state index in [2.05, 4.69) is 37.9 Å². The van der Waals surface area contributed by atoms with E-state index in [4.69, 9.17) is 28.6 Å². The molecule has 1 fully saturated rings. The number of nitrogens with zero attached hydrogens (tertiary/aromatic N) is 1. The van der Waals surface area contributed by atoms with E-state index < -0.39 is 5.72 Å². The Hall–Kier alpha value is -1.00. The van der Waals surface area contributed by atoms with Gasteiger partial charge in [-0.2, -0.15) is 0 Å². The van der Waals surface area contributed by atoms with Crippen molar-refractivity contribution in [1.82, 2.24) is 10.2 Å². The molecule has 1 aromatic carbocycles. The van der Waals surface area contributed by atoms with E-state index >= 15 is 0 Å². The molecule has 2 bridgehead atoms. The molecule has 3 atom stereocenters. The van der Waals surface area contributed by atoms with Crippen molar-refractivity contribution in [3.05, 3.63) is 28.8 Å². The molecular formula is C16H21ClN2OS. The van der Waals surface area contributed by atoms with E-state index in [0.717, 1.165) is 28.0 Å². The molecule has 1 N–H and O–H groups in total. The van der Waals surface area contributed by atoms with Crippen molar-refractivity contribution in [2.45, 2.75) is 39.5 Å². The molecule has 21 heavy (non-hydrogen) atoms. The van der Waals surface area contributed by atoms with Gasteiger partial charge in [0.15, 0.2) is 10.8 Å². The van der Waals surface area contributed by atoms with Gasteiger partial charge in [-0.1, -0.05) is 32.4 Å². The zero-order valence-corrected chi connectivity index (χ0v) is 14.4. The summed E-state index contributed by atoms with van der Waals surface area (Å²) in [5, 5.41) is 4.97. The fourth-order valence-corrected chi connectivity index (χ4v) is 3.86. The molecule has 1 saturated heterocycles. The predicted molar refractivity (Wildman–Crippen MR) is 89.7 cm³/mol. The molecule has 0 spiro atoms. The number of ether oxygens (including phenoxy) is 1. The molecule has 2 aliphatic rings. The first-order chi connectivity index (χ1) is 9.83. The molecular weight excluding hydrogens is 304 g/mol. The minimum absolute atomic E-state index is 0.147. The van der Waals surface area contributed by atoms with Crippen molar-refractivity contribution in [2.75, 3.05) is 6.54 Å². The van der Waals surface area contributed by atoms with E-state index in [1.54, 1.807) is 0 Å². The van der Waals surface area contributed by atoms with Gasteiger partial charge in [-0.3, -0.25) is 0 Å².